The maximum absolute atomic E-state index is 9.05. The molecule has 1 saturated heterocycles. The van der Waals surface area contributed by atoms with Gasteiger partial charge >= 0.3 is 0 Å². The molecule has 1 fully saturated rings. The van der Waals surface area contributed by atoms with E-state index in [0.29, 0.717) is 12.1 Å². The summed E-state index contributed by atoms with van der Waals surface area (Å²) < 4.78 is 5.63. The van der Waals surface area contributed by atoms with Gasteiger partial charge in [0.05, 0.1) is 24.8 Å². The second kappa shape index (κ2) is 7.65. The molecule has 98 valence electrons. The molecule has 4 nitrogen and oxygen atoms in total. The molecule has 0 amide bonds. The summed E-state index contributed by atoms with van der Waals surface area (Å²) in [5.41, 5.74) is 0. The Hall–Kier alpha value is -0.630. The summed E-state index contributed by atoms with van der Waals surface area (Å²) in [4.78, 5) is 2.41. The molecular weight excluding hydrogens is 214 g/mol. The van der Waals surface area contributed by atoms with E-state index < -0.39 is 0 Å². The van der Waals surface area contributed by atoms with Crippen molar-refractivity contribution in [2.75, 3.05) is 26.2 Å². The number of hydrogen-bond donors (Lipinski definition) is 1. The van der Waals surface area contributed by atoms with Crippen LogP contribution in [0.3, 0.4) is 0 Å². The van der Waals surface area contributed by atoms with Crippen molar-refractivity contribution in [3.8, 4) is 6.07 Å². The van der Waals surface area contributed by atoms with Gasteiger partial charge in [0, 0.05) is 25.7 Å². The molecule has 0 aromatic heterocycles. The van der Waals surface area contributed by atoms with Gasteiger partial charge in [-0.25, -0.2) is 0 Å². The van der Waals surface area contributed by atoms with Crippen LogP contribution in [-0.4, -0.2) is 49.3 Å². The van der Waals surface area contributed by atoms with Crippen molar-refractivity contribution >= 4 is 0 Å². The largest absolute Gasteiger partial charge is 0.376 e. The fraction of sp³-hybridized carbons (Fsp3) is 0.923. The fourth-order valence-corrected chi connectivity index (χ4v) is 2.13. The summed E-state index contributed by atoms with van der Waals surface area (Å²) in [6.45, 7) is 10.1. The minimum atomic E-state index is -0.0297. The molecular formula is C13H25N3O. The van der Waals surface area contributed by atoms with E-state index in [4.69, 9.17) is 10.00 Å². The lowest BCUT2D eigenvalue weighted by molar-refractivity contribution is -0.0302. The highest BCUT2D eigenvalue weighted by atomic mass is 16.5. The molecule has 0 saturated carbocycles. The maximum Gasteiger partial charge on any atom is 0.0967 e. The van der Waals surface area contributed by atoms with Gasteiger partial charge < -0.3 is 4.74 Å². The number of morpholine rings is 1. The van der Waals surface area contributed by atoms with E-state index in [1.54, 1.807) is 0 Å². The van der Waals surface area contributed by atoms with Crippen LogP contribution in [0.25, 0.3) is 0 Å². The van der Waals surface area contributed by atoms with Gasteiger partial charge in [-0.1, -0.05) is 6.92 Å². The minimum Gasteiger partial charge on any atom is -0.376 e. The molecule has 2 unspecified atom stereocenters. The Morgan fingerprint density at radius 3 is 2.88 bits per heavy atom. The molecule has 17 heavy (non-hydrogen) atoms. The third-order valence-electron chi connectivity index (χ3n) is 3.10. The first-order valence-electron chi connectivity index (χ1n) is 6.65. The zero-order valence-electron chi connectivity index (χ0n) is 11.3. The van der Waals surface area contributed by atoms with Crippen LogP contribution in [0.4, 0.5) is 0 Å². The van der Waals surface area contributed by atoms with Gasteiger partial charge in [-0.05, 0) is 26.7 Å². The average molecular weight is 239 g/mol. The highest BCUT2D eigenvalue weighted by Crippen LogP contribution is 2.09. The molecule has 2 atom stereocenters. The van der Waals surface area contributed by atoms with Crippen molar-refractivity contribution < 1.29 is 4.74 Å². The van der Waals surface area contributed by atoms with Gasteiger partial charge in [0.15, 0.2) is 0 Å². The fourth-order valence-electron chi connectivity index (χ4n) is 2.13. The summed E-state index contributed by atoms with van der Waals surface area (Å²) in [5.74, 6) is 0. The molecule has 1 N–H and O–H groups in total. The topological polar surface area (TPSA) is 48.3 Å². The number of hydrogen-bond acceptors (Lipinski definition) is 4. The number of nitrogens with one attached hydrogen (secondary N) is 1. The maximum atomic E-state index is 9.05. The SMILES string of the molecule is CCC1CN(CCC(C#N)NC(C)C)CCO1. The van der Waals surface area contributed by atoms with Crippen LogP contribution in [0.5, 0.6) is 0 Å². The molecule has 0 aromatic rings. The van der Waals surface area contributed by atoms with Gasteiger partial charge in [0.1, 0.15) is 0 Å². The van der Waals surface area contributed by atoms with Crippen LogP contribution in [-0.2, 0) is 4.74 Å². The predicted octanol–water partition coefficient (Wildman–Crippen LogP) is 1.38. The molecule has 1 heterocycles. The summed E-state index contributed by atoms with van der Waals surface area (Å²) in [5, 5.41) is 12.3. The van der Waals surface area contributed by atoms with Crippen molar-refractivity contribution in [1.29, 1.82) is 5.26 Å². The first-order chi connectivity index (χ1) is 8.15. The van der Waals surface area contributed by atoms with Gasteiger partial charge in [0.25, 0.3) is 0 Å². The lowest BCUT2D eigenvalue weighted by Crippen LogP contribution is -2.44. The normalized spacial score (nSPS) is 23.6. The number of nitrogens with zero attached hydrogens (tertiary/aromatic N) is 2. The molecule has 0 spiro atoms. The van der Waals surface area contributed by atoms with Crippen molar-refractivity contribution in [3.05, 3.63) is 0 Å². The molecule has 1 aliphatic heterocycles. The monoisotopic (exact) mass is 239 g/mol. The number of nitriles is 1. The summed E-state index contributed by atoms with van der Waals surface area (Å²) >= 11 is 0. The predicted molar refractivity (Wildman–Crippen MR) is 68.8 cm³/mol. The zero-order chi connectivity index (χ0) is 12.7. The third-order valence-corrected chi connectivity index (χ3v) is 3.10. The van der Waals surface area contributed by atoms with E-state index in [1.807, 2.05) is 0 Å². The third kappa shape index (κ3) is 5.49. The van der Waals surface area contributed by atoms with Gasteiger partial charge in [-0.2, -0.15) is 5.26 Å². The van der Waals surface area contributed by atoms with E-state index in [2.05, 4.69) is 37.1 Å². The Bertz CT molecular complexity index is 250. The van der Waals surface area contributed by atoms with E-state index in [9.17, 15) is 0 Å². The molecule has 0 aliphatic carbocycles. The number of rotatable bonds is 6. The molecule has 1 aliphatic rings. The first-order valence-corrected chi connectivity index (χ1v) is 6.65. The molecule has 0 aromatic carbocycles. The van der Waals surface area contributed by atoms with Crippen LogP contribution < -0.4 is 5.32 Å². The van der Waals surface area contributed by atoms with E-state index in [0.717, 1.165) is 39.1 Å². The van der Waals surface area contributed by atoms with Gasteiger partial charge in [0.2, 0.25) is 0 Å². The Morgan fingerprint density at radius 2 is 2.29 bits per heavy atom. The van der Waals surface area contributed by atoms with Crippen LogP contribution in [0.2, 0.25) is 0 Å². The summed E-state index contributed by atoms with van der Waals surface area (Å²) in [6.07, 6.45) is 2.34. The van der Waals surface area contributed by atoms with Crippen LogP contribution in [0.1, 0.15) is 33.6 Å². The molecule has 4 heteroatoms. The standard InChI is InChI=1S/C13H25N3O/c1-4-13-10-16(7-8-17-13)6-5-12(9-14)15-11(2)3/h11-13,15H,4-8,10H2,1-3H3. The number of ether oxygens (including phenoxy) is 1. The van der Waals surface area contributed by atoms with Crippen molar-refractivity contribution in [3.63, 3.8) is 0 Å². The first kappa shape index (κ1) is 14.4. The Kier molecular flexibility index (Phi) is 6.49. The molecule has 1 rings (SSSR count). The molecule has 0 radical (unpaired) electrons. The van der Waals surface area contributed by atoms with Crippen LogP contribution >= 0.6 is 0 Å². The van der Waals surface area contributed by atoms with Gasteiger partial charge in [-0.3, -0.25) is 10.2 Å². The Morgan fingerprint density at radius 1 is 1.53 bits per heavy atom. The Balaban J connectivity index is 2.26. The van der Waals surface area contributed by atoms with Crippen LogP contribution in [0.15, 0.2) is 0 Å². The van der Waals surface area contributed by atoms with Gasteiger partial charge in [-0.15, -0.1) is 0 Å². The smallest absolute Gasteiger partial charge is 0.0967 e. The average Bonchev–Trinajstić information content (AvgIpc) is 2.34. The quantitative estimate of drug-likeness (QED) is 0.760. The highest BCUT2D eigenvalue weighted by molar-refractivity contribution is 4.91. The van der Waals surface area contributed by atoms with E-state index in [-0.39, 0.29) is 6.04 Å². The Labute approximate surface area is 105 Å². The van der Waals surface area contributed by atoms with E-state index >= 15 is 0 Å². The summed E-state index contributed by atoms with van der Waals surface area (Å²) in [7, 11) is 0. The summed E-state index contributed by atoms with van der Waals surface area (Å²) in [6, 6.07) is 2.67. The zero-order valence-corrected chi connectivity index (χ0v) is 11.3. The van der Waals surface area contributed by atoms with Crippen molar-refractivity contribution in [1.82, 2.24) is 10.2 Å². The van der Waals surface area contributed by atoms with Crippen LogP contribution in [0, 0.1) is 11.3 Å². The lowest BCUT2D eigenvalue weighted by Gasteiger charge is -2.33. The van der Waals surface area contributed by atoms with Crippen molar-refractivity contribution in [2.45, 2.75) is 51.8 Å². The lowest BCUT2D eigenvalue weighted by atomic mass is 10.1. The van der Waals surface area contributed by atoms with E-state index in [1.165, 1.54) is 0 Å². The minimum absolute atomic E-state index is 0.0297. The van der Waals surface area contributed by atoms with Crippen molar-refractivity contribution in [2.24, 2.45) is 0 Å². The second-order valence-electron chi connectivity index (χ2n) is 4.99. The molecule has 0 bridgehead atoms. The highest BCUT2D eigenvalue weighted by Gasteiger charge is 2.19. The second-order valence-corrected chi connectivity index (χ2v) is 4.99.